The van der Waals surface area contributed by atoms with Gasteiger partial charge in [0.15, 0.2) is 0 Å². The van der Waals surface area contributed by atoms with E-state index in [1.807, 2.05) is 6.07 Å². The van der Waals surface area contributed by atoms with Gasteiger partial charge in [-0.2, -0.15) is 0 Å². The van der Waals surface area contributed by atoms with Crippen molar-refractivity contribution in [3.63, 3.8) is 0 Å². The molecule has 2 aromatic rings. The number of benzene rings is 2. The third-order valence-electron chi connectivity index (χ3n) is 3.13. The lowest BCUT2D eigenvalue weighted by molar-refractivity contribution is 0.0692. The quantitative estimate of drug-likeness (QED) is 0.713. The molecule has 0 N–H and O–H groups in total. The van der Waals surface area contributed by atoms with Gasteiger partial charge in [-0.15, -0.1) is 0 Å². The maximum absolute atomic E-state index is 5.96. The number of fused-ring (bicyclic) bond motifs is 1. The minimum Gasteiger partial charge on any atom is -0.367 e. The first kappa shape index (κ1) is 11.0. The summed E-state index contributed by atoms with van der Waals surface area (Å²) in [6, 6.07) is 18.9. The van der Waals surface area contributed by atoms with Gasteiger partial charge in [0.05, 0.1) is 11.4 Å². The van der Waals surface area contributed by atoms with E-state index in [0.29, 0.717) is 4.83 Å². The fraction of sp³-hybridized carbons (Fsp3) is 0.200. The van der Waals surface area contributed by atoms with Crippen LogP contribution in [0.15, 0.2) is 54.6 Å². The van der Waals surface area contributed by atoms with E-state index in [1.165, 1.54) is 16.7 Å². The Morgan fingerprint density at radius 1 is 0.882 bits per heavy atom. The van der Waals surface area contributed by atoms with Crippen LogP contribution in [0.2, 0.25) is 0 Å². The lowest BCUT2D eigenvalue weighted by atomic mass is 9.93. The molecule has 0 saturated heterocycles. The largest absolute Gasteiger partial charge is 0.367 e. The maximum atomic E-state index is 5.96. The van der Waals surface area contributed by atoms with Gasteiger partial charge in [0.1, 0.15) is 6.10 Å². The summed E-state index contributed by atoms with van der Waals surface area (Å²) in [4.78, 5) is 0.304. The third-order valence-corrected chi connectivity index (χ3v) is 3.89. The first-order chi connectivity index (χ1) is 8.36. The highest BCUT2D eigenvalue weighted by Crippen LogP contribution is 2.39. The second kappa shape index (κ2) is 4.63. The lowest BCUT2D eigenvalue weighted by Gasteiger charge is -2.29. The molecule has 1 aliphatic heterocycles. The summed E-state index contributed by atoms with van der Waals surface area (Å²) in [5.74, 6) is 0. The highest BCUT2D eigenvalue weighted by Gasteiger charge is 2.26. The molecule has 0 amide bonds. The molecule has 1 aliphatic rings. The molecule has 0 saturated carbocycles. The van der Waals surface area contributed by atoms with Crippen LogP contribution in [0, 0.1) is 0 Å². The van der Waals surface area contributed by atoms with Crippen LogP contribution in [-0.4, -0.2) is 6.61 Å². The van der Waals surface area contributed by atoms with Gasteiger partial charge < -0.3 is 4.74 Å². The molecule has 2 aromatic carbocycles. The Bertz CT molecular complexity index is 509. The topological polar surface area (TPSA) is 9.23 Å². The van der Waals surface area contributed by atoms with Gasteiger partial charge in [0.25, 0.3) is 0 Å². The van der Waals surface area contributed by atoms with Crippen LogP contribution in [0.3, 0.4) is 0 Å². The molecule has 2 unspecified atom stereocenters. The summed E-state index contributed by atoms with van der Waals surface area (Å²) in [6.07, 6.45) is 0.0706. The molecule has 17 heavy (non-hydrogen) atoms. The van der Waals surface area contributed by atoms with Crippen LogP contribution >= 0.6 is 15.9 Å². The Labute approximate surface area is 110 Å². The average molecular weight is 289 g/mol. The fourth-order valence-corrected chi connectivity index (χ4v) is 2.87. The normalized spacial score (nSPS) is 23.1. The van der Waals surface area contributed by atoms with E-state index in [-0.39, 0.29) is 6.10 Å². The van der Waals surface area contributed by atoms with E-state index < -0.39 is 0 Å². The fourth-order valence-electron chi connectivity index (χ4n) is 2.30. The van der Waals surface area contributed by atoms with Crippen LogP contribution in [-0.2, 0) is 4.74 Å². The summed E-state index contributed by atoms with van der Waals surface area (Å²) < 4.78 is 5.96. The summed E-state index contributed by atoms with van der Waals surface area (Å²) in [5.41, 5.74) is 3.83. The molecule has 0 fully saturated rings. The summed E-state index contributed by atoms with van der Waals surface area (Å²) in [6.45, 7) is 0.719. The molecule has 0 aromatic heterocycles. The van der Waals surface area contributed by atoms with E-state index in [9.17, 15) is 0 Å². The number of alkyl halides is 1. The van der Waals surface area contributed by atoms with Gasteiger partial charge in [-0.05, 0) is 16.7 Å². The lowest BCUT2D eigenvalue weighted by Crippen LogP contribution is -2.18. The van der Waals surface area contributed by atoms with Crippen LogP contribution < -0.4 is 0 Å². The zero-order valence-electron chi connectivity index (χ0n) is 9.34. The van der Waals surface area contributed by atoms with Crippen molar-refractivity contribution < 1.29 is 4.74 Å². The smallest absolute Gasteiger partial charge is 0.108 e. The zero-order chi connectivity index (χ0) is 11.7. The second-order valence-electron chi connectivity index (χ2n) is 4.22. The van der Waals surface area contributed by atoms with Gasteiger partial charge in [0, 0.05) is 0 Å². The van der Waals surface area contributed by atoms with Crippen LogP contribution in [0.1, 0.15) is 27.6 Å². The summed E-state index contributed by atoms with van der Waals surface area (Å²) >= 11 is 3.66. The van der Waals surface area contributed by atoms with Crippen molar-refractivity contribution in [2.75, 3.05) is 6.61 Å². The van der Waals surface area contributed by atoms with Crippen molar-refractivity contribution in [3.05, 3.63) is 71.3 Å². The van der Waals surface area contributed by atoms with Gasteiger partial charge in [-0.3, -0.25) is 0 Å². The van der Waals surface area contributed by atoms with E-state index in [4.69, 9.17) is 4.74 Å². The standard InChI is InChI=1S/C15H13BrO/c16-14-10-17-15(11-6-2-1-3-7-11)13-9-5-4-8-12(13)14/h1-9,14-15H,10H2. The molecule has 0 radical (unpaired) electrons. The van der Waals surface area contributed by atoms with E-state index in [1.54, 1.807) is 0 Å². The Kier molecular flexibility index (Phi) is 3.00. The molecule has 0 spiro atoms. The van der Waals surface area contributed by atoms with Crippen molar-refractivity contribution in [3.8, 4) is 0 Å². The predicted molar refractivity (Wildman–Crippen MR) is 72.3 cm³/mol. The van der Waals surface area contributed by atoms with Gasteiger partial charge >= 0.3 is 0 Å². The minimum absolute atomic E-state index is 0.0706. The number of halogens is 1. The molecule has 0 aliphatic carbocycles. The van der Waals surface area contributed by atoms with Crippen molar-refractivity contribution in [2.45, 2.75) is 10.9 Å². The number of hydrogen-bond donors (Lipinski definition) is 0. The molecule has 2 atom stereocenters. The molecule has 3 rings (SSSR count). The Hall–Kier alpha value is -1.12. The highest BCUT2D eigenvalue weighted by atomic mass is 79.9. The van der Waals surface area contributed by atoms with Crippen LogP contribution in [0.25, 0.3) is 0 Å². The van der Waals surface area contributed by atoms with Gasteiger partial charge in [-0.25, -0.2) is 0 Å². The molecular formula is C15H13BrO. The summed E-state index contributed by atoms with van der Waals surface area (Å²) in [7, 11) is 0. The van der Waals surface area contributed by atoms with E-state index in [0.717, 1.165) is 6.61 Å². The zero-order valence-corrected chi connectivity index (χ0v) is 10.9. The Morgan fingerprint density at radius 3 is 2.29 bits per heavy atom. The number of ether oxygens (including phenoxy) is 1. The minimum atomic E-state index is 0.0706. The van der Waals surface area contributed by atoms with Gasteiger partial charge in [0.2, 0.25) is 0 Å². The number of rotatable bonds is 1. The SMILES string of the molecule is BrC1COC(c2ccccc2)c2ccccc21. The second-order valence-corrected chi connectivity index (χ2v) is 5.33. The average Bonchev–Trinajstić information content (AvgIpc) is 2.41. The highest BCUT2D eigenvalue weighted by molar-refractivity contribution is 9.09. The monoisotopic (exact) mass is 288 g/mol. The van der Waals surface area contributed by atoms with Gasteiger partial charge in [-0.1, -0.05) is 70.5 Å². The van der Waals surface area contributed by atoms with Crippen LogP contribution in [0.4, 0.5) is 0 Å². The van der Waals surface area contributed by atoms with Crippen molar-refractivity contribution in [1.29, 1.82) is 0 Å². The van der Waals surface area contributed by atoms with E-state index >= 15 is 0 Å². The number of hydrogen-bond acceptors (Lipinski definition) is 1. The van der Waals surface area contributed by atoms with E-state index in [2.05, 4.69) is 64.5 Å². The van der Waals surface area contributed by atoms with Crippen molar-refractivity contribution in [2.24, 2.45) is 0 Å². The molecular weight excluding hydrogens is 276 g/mol. The first-order valence-electron chi connectivity index (χ1n) is 5.75. The summed E-state index contributed by atoms with van der Waals surface area (Å²) in [5, 5.41) is 0. The van der Waals surface area contributed by atoms with Crippen molar-refractivity contribution >= 4 is 15.9 Å². The molecule has 1 heterocycles. The first-order valence-corrected chi connectivity index (χ1v) is 6.67. The van der Waals surface area contributed by atoms with Crippen molar-refractivity contribution in [1.82, 2.24) is 0 Å². The molecule has 2 heteroatoms. The third kappa shape index (κ3) is 2.03. The Morgan fingerprint density at radius 2 is 1.53 bits per heavy atom. The molecule has 86 valence electrons. The van der Waals surface area contributed by atoms with Crippen LogP contribution in [0.5, 0.6) is 0 Å². The predicted octanol–water partition coefficient (Wildman–Crippen LogP) is 4.24. The molecule has 0 bridgehead atoms. The Balaban J connectivity index is 2.07. The maximum Gasteiger partial charge on any atom is 0.108 e. The molecule has 1 nitrogen and oxygen atoms in total.